The van der Waals surface area contributed by atoms with Crippen LogP contribution in [0.15, 0.2) is 0 Å². The van der Waals surface area contributed by atoms with Crippen molar-refractivity contribution in [3.05, 3.63) is 0 Å². The van der Waals surface area contributed by atoms with Crippen molar-refractivity contribution in [2.75, 3.05) is 25.0 Å². The molecule has 0 N–H and O–H groups in total. The summed E-state index contributed by atoms with van der Waals surface area (Å²) in [6, 6.07) is 0.954. The van der Waals surface area contributed by atoms with E-state index < -0.39 is 22.8 Å². The molecule has 1 fully saturated rings. The van der Waals surface area contributed by atoms with Crippen LogP contribution in [-0.4, -0.2) is 42.0 Å². The molecule has 0 radical (unpaired) electrons. The molecule has 0 saturated carbocycles. The van der Waals surface area contributed by atoms with Gasteiger partial charge in [0.1, 0.15) is 0 Å². The predicted octanol–water partition coefficient (Wildman–Crippen LogP) is 6.74. The minimum atomic E-state index is -3.68. The Labute approximate surface area is 165 Å². The molecule has 1 saturated heterocycles. The lowest BCUT2D eigenvalue weighted by Crippen LogP contribution is -2.37. The molecular formula is C17H38NO6P3. The second kappa shape index (κ2) is 11.1. The van der Waals surface area contributed by atoms with Gasteiger partial charge in [0.2, 0.25) is 0 Å². The van der Waals surface area contributed by atoms with E-state index in [9.17, 15) is 13.7 Å². The van der Waals surface area contributed by atoms with Gasteiger partial charge in [-0.2, -0.15) is 0 Å². The molecule has 1 heterocycles. The zero-order valence-corrected chi connectivity index (χ0v) is 20.4. The molecule has 7 nitrogen and oxygen atoms in total. The van der Waals surface area contributed by atoms with E-state index in [0.29, 0.717) is 31.3 Å². The SMILES string of the molecule is CCCP1(=O)OP(=O)(CCC)OP(=O)(CCCCCN(C(C)C)C(C)C)O1. The molecule has 1 rings (SSSR count). The van der Waals surface area contributed by atoms with Gasteiger partial charge < -0.3 is 0 Å². The smallest absolute Gasteiger partial charge is 0.299 e. The van der Waals surface area contributed by atoms with Crippen LogP contribution in [0.1, 0.15) is 73.6 Å². The molecule has 0 spiro atoms. The Hall–Kier alpha value is 0.530. The lowest BCUT2D eigenvalue weighted by Gasteiger charge is -2.34. The average molecular weight is 445 g/mol. The summed E-state index contributed by atoms with van der Waals surface area (Å²) in [7, 11) is -11.0. The Morgan fingerprint density at radius 3 is 1.44 bits per heavy atom. The van der Waals surface area contributed by atoms with Crippen LogP contribution in [0.5, 0.6) is 0 Å². The summed E-state index contributed by atoms with van der Waals surface area (Å²) in [5, 5.41) is 0. The summed E-state index contributed by atoms with van der Waals surface area (Å²) in [6.45, 7) is 13.3. The first-order valence-corrected chi connectivity index (χ1v) is 15.3. The van der Waals surface area contributed by atoms with Gasteiger partial charge in [0.05, 0.1) is 18.5 Å². The predicted molar refractivity (Wildman–Crippen MR) is 112 cm³/mol. The maximum Gasteiger partial charge on any atom is 0.345 e. The first kappa shape index (κ1) is 25.6. The highest BCUT2D eigenvalue weighted by molar-refractivity contribution is 7.80. The average Bonchev–Trinajstić information content (AvgIpc) is 2.48. The van der Waals surface area contributed by atoms with Gasteiger partial charge in [-0.25, -0.2) is 12.9 Å². The Kier molecular flexibility index (Phi) is 10.5. The second-order valence-electron chi connectivity index (χ2n) is 7.73. The third-order valence-corrected chi connectivity index (χ3v) is 13.2. The minimum Gasteiger partial charge on any atom is -0.299 e. The van der Waals surface area contributed by atoms with Crippen LogP contribution in [0.2, 0.25) is 0 Å². The monoisotopic (exact) mass is 445 g/mol. The van der Waals surface area contributed by atoms with Crippen LogP contribution in [0.3, 0.4) is 0 Å². The minimum absolute atomic E-state index is 0.103. The lowest BCUT2D eigenvalue weighted by molar-refractivity contribution is 0.171. The zero-order chi connectivity index (χ0) is 20.7. The lowest BCUT2D eigenvalue weighted by atomic mass is 10.2. The van der Waals surface area contributed by atoms with Gasteiger partial charge in [0, 0.05) is 12.1 Å². The highest BCUT2D eigenvalue weighted by atomic mass is 31.3. The van der Waals surface area contributed by atoms with Gasteiger partial charge in [0.25, 0.3) is 0 Å². The summed E-state index contributed by atoms with van der Waals surface area (Å²) in [4.78, 5) is 2.41. The molecule has 162 valence electrons. The Balaban J connectivity index is 2.65. The molecule has 10 heteroatoms. The van der Waals surface area contributed by atoms with Gasteiger partial charge in [-0.3, -0.25) is 18.6 Å². The normalized spacial score (nSPS) is 31.9. The maximum atomic E-state index is 13.0. The van der Waals surface area contributed by atoms with Crippen molar-refractivity contribution in [1.29, 1.82) is 0 Å². The first-order chi connectivity index (χ1) is 12.5. The molecule has 2 unspecified atom stereocenters. The van der Waals surface area contributed by atoms with Gasteiger partial charge in [-0.1, -0.05) is 20.3 Å². The van der Waals surface area contributed by atoms with Crippen LogP contribution in [0.25, 0.3) is 0 Å². The van der Waals surface area contributed by atoms with Crippen molar-refractivity contribution in [1.82, 2.24) is 4.90 Å². The van der Waals surface area contributed by atoms with E-state index in [1.54, 1.807) is 0 Å². The molecule has 0 aromatic rings. The van der Waals surface area contributed by atoms with Crippen molar-refractivity contribution in [3.63, 3.8) is 0 Å². The molecule has 27 heavy (non-hydrogen) atoms. The van der Waals surface area contributed by atoms with E-state index in [2.05, 4.69) is 32.6 Å². The molecule has 0 aromatic heterocycles. The molecule has 0 aliphatic carbocycles. The van der Waals surface area contributed by atoms with Crippen molar-refractivity contribution < 1.29 is 26.6 Å². The van der Waals surface area contributed by atoms with E-state index >= 15 is 0 Å². The number of rotatable bonds is 12. The Bertz CT molecular complexity index is 555. The molecule has 0 aromatic carbocycles. The molecule has 0 bridgehead atoms. The zero-order valence-electron chi connectivity index (χ0n) is 17.8. The van der Waals surface area contributed by atoms with E-state index in [0.717, 1.165) is 19.4 Å². The fraction of sp³-hybridized carbons (Fsp3) is 1.00. The van der Waals surface area contributed by atoms with Crippen molar-refractivity contribution in [3.8, 4) is 0 Å². The second-order valence-corrected chi connectivity index (χ2v) is 14.7. The highest BCUT2D eigenvalue weighted by Gasteiger charge is 2.51. The topological polar surface area (TPSA) is 82.1 Å². The van der Waals surface area contributed by atoms with Crippen LogP contribution >= 0.6 is 22.8 Å². The fourth-order valence-electron chi connectivity index (χ4n) is 3.30. The fourth-order valence-corrected chi connectivity index (χ4v) is 12.7. The van der Waals surface area contributed by atoms with Crippen molar-refractivity contribution in [2.45, 2.75) is 85.7 Å². The quantitative estimate of drug-likeness (QED) is 0.243. The molecule has 0 amide bonds. The van der Waals surface area contributed by atoms with Crippen molar-refractivity contribution >= 4 is 22.8 Å². The van der Waals surface area contributed by atoms with Gasteiger partial charge in [-0.15, -0.1) is 0 Å². The van der Waals surface area contributed by atoms with Crippen LogP contribution < -0.4 is 0 Å². The van der Waals surface area contributed by atoms with E-state index in [4.69, 9.17) is 12.9 Å². The third-order valence-electron chi connectivity index (χ3n) is 4.42. The number of hydrogen-bond donors (Lipinski definition) is 0. The van der Waals surface area contributed by atoms with E-state index in [-0.39, 0.29) is 18.5 Å². The molecule has 2 atom stereocenters. The molecular weight excluding hydrogens is 407 g/mol. The Morgan fingerprint density at radius 1 is 0.667 bits per heavy atom. The number of unbranched alkanes of at least 4 members (excludes halogenated alkanes) is 2. The van der Waals surface area contributed by atoms with Gasteiger partial charge >= 0.3 is 22.8 Å². The van der Waals surface area contributed by atoms with Crippen LogP contribution in [-0.2, 0) is 26.6 Å². The maximum absolute atomic E-state index is 13.0. The third kappa shape index (κ3) is 8.42. The van der Waals surface area contributed by atoms with Gasteiger partial charge in [-0.05, 0) is 59.9 Å². The molecule has 1 aliphatic heterocycles. The van der Waals surface area contributed by atoms with Gasteiger partial charge in [0.15, 0.2) is 0 Å². The van der Waals surface area contributed by atoms with E-state index in [1.807, 2.05) is 13.8 Å². The number of nitrogens with zero attached hydrogens (tertiary/aromatic N) is 1. The largest absolute Gasteiger partial charge is 0.345 e. The highest BCUT2D eigenvalue weighted by Crippen LogP contribution is 2.82. The summed E-state index contributed by atoms with van der Waals surface area (Å²) in [6.07, 6.45) is 3.82. The number of hydrogen-bond acceptors (Lipinski definition) is 7. The van der Waals surface area contributed by atoms with E-state index in [1.165, 1.54) is 0 Å². The summed E-state index contributed by atoms with van der Waals surface area (Å²) in [5.74, 6) is 0. The van der Waals surface area contributed by atoms with Crippen LogP contribution in [0, 0.1) is 0 Å². The summed E-state index contributed by atoms with van der Waals surface area (Å²) < 4.78 is 54.5. The summed E-state index contributed by atoms with van der Waals surface area (Å²) in [5.41, 5.74) is 0. The van der Waals surface area contributed by atoms with Crippen LogP contribution in [0.4, 0.5) is 0 Å². The first-order valence-electron chi connectivity index (χ1n) is 10.1. The summed E-state index contributed by atoms with van der Waals surface area (Å²) >= 11 is 0. The Morgan fingerprint density at radius 2 is 1.07 bits per heavy atom. The standard InChI is InChI=1S/C17H38NO6P3/c1-7-13-25(19)22-26(20,14-8-2)24-27(21,23-25)15-11-9-10-12-18(16(3)4)17(5)6/h16-17H,7-15H2,1-6H3. The van der Waals surface area contributed by atoms with Crippen molar-refractivity contribution in [2.24, 2.45) is 0 Å². The molecule has 1 aliphatic rings.